The van der Waals surface area contributed by atoms with Crippen molar-refractivity contribution < 1.29 is 9.28 Å². The zero-order valence-electron chi connectivity index (χ0n) is 10.3. The van der Waals surface area contributed by atoms with Crippen LogP contribution in [0.15, 0.2) is 30.3 Å². The molecule has 0 bridgehead atoms. The van der Waals surface area contributed by atoms with Gasteiger partial charge in [0.1, 0.15) is 0 Å². The van der Waals surface area contributed by atoms with Crippen LogP contribution in [0.25, 0.3) is 0 Å². The Morgan fingerprint density at radius 2 is 1.81 bits per heavy atom. The van der Waals surface area contributed by atoms with Crippen LogP contribution in [0.3, 0.4) is 0 Å². The van der Waals surface area contributed by atoms with Crippen LogP contribution < -0.4 is 0 Å². The minimum atomic E-state index is 0.264. The van der Waals surface area contributed by atoms with Crippen molar-refractivity contribution in [3.8, 4) is 0 Å². The summed E-state index contributed by atoms with van der Waals surface area (Å²) in [5.41, 5.74) is 1.10. The quantitative estimate of drug-likeness (QED) is 0.732. The third-order valence-electron chi connectivity index (χ3n) is 2.22. The molecule has 0 atom stereocenters. The van der Waals surface area contributed by atoms with E-state index in [4.69, 9.17) is 0 Å². The van der Waals surface area contributed by atoms with Gasteiger partial charge in [0.05, 0.1) is 33.4 Å². The fourth-order valence-electron chi connectivity index (χ4n) is 1.25. The lowest BCUT2D eigenvalue weighted by atomic mass is 10.2. The highest BCUT2D eigenvalue weighted by molar-refractivity contribution is 8.13. The molecule has 0 saturated heterocycles. The zero-order valence-corrected chi connectivity index (χ0v) is 11.1. The van der Waals surface area contributed by atoms with E-state index in [0.717, 1.165) is 22.3 Å². The van der Waals surface area contributed by atoms with Crippen LogP contribution in [0, 0.1) is 0 Å². The number of hydrogen-bond donors (Lipinski definition) is 0. The number of rotatable bonds is 5. The summed E-state index contributed by atoms with van der Waals surface area (Å²) in [6, 6.07) is 9.91. The van der Waals surface area contributed by atoms with E-state index in [1.165, 1.54) is 11.8 Å². The lowest BCUT2D eigenvalue weighted by Crippen LogP contribution is -2.36. The van der Waals surface area contributed by atoms with Crippen molar-refractivity contribution in [1.82, 2.24) is 0 Å². The standard InChI is InChI=1S/C13H20NOS/c1-14(2,3)9-10-16-13(15)11-12-7-5-4-6-8-12/h4-8H,9-11H2,1-3H3/q+1. The maximum Gasteiger partial charge on any atom is 0.193 e. The van der Waals surface area contributed by atoms with Gasteiger partial charge in [-0.1, -0.05) is 42.1 Å². The van der Waals surface area contributed by atoms with Gasteiger partial charge in [0, 0.05) is 6.42 Å². The number of carbonyl (C=O) groups is 1. The highest BCUT2D eigenvalue weighted by Gasteiger charge is 2.09. The molecule has 0 aliphatic rings. The first-order valence-electron chi connectivity index (χ1n) is 5.47. The Kier molecular flexibility index (Phi) is 5.03. The first kappa shape index (κ1) is 13.3. The smallest absolute Gasteiger partial charge is 0.193 e. The van der Waals surface area contributed by atoms with Crippen molar-refractivity contribution in [2.45, 2.75) is 6.42 Å². The van der Waals surface area contributed by atoms with Gasteiger partial charge in [-0.05, 0) is 5.56 Å². The third-order valence-corrected chi connectivity index (χ3v) is 3.07. The molecule has 0 unspecified atom stereocenters. The molecule has 2 nitrogen and oxygen atoms in total. The average Bonchev–Trinajstić information content (AvgIpc) is 2.17. The molecule has 1 rings (SSSR count). The fraction of sp³-hybridized carbons (Fsp3) is 0.462. The number of benzene rings is 1. The van der Waals surface area contributed by atoms with Gasteiger partial charge < -0.3 is 4.48 Å². The van der Waals surface area contributed by atoms with E-state index < -0.39 is 0 Å². The van der Waals surface area contributed by atoms with Gasteiger partial charge in [0.15, 0.2) is 5.12 Å². The second-order valence-electron chi connectivity index (χ2n) is 4.90. The van der Waals surface area contributed by atoms with E-state index in [0.29, 0.717) is 6.42 Å². The number of hydrogen-bond acceptors (Lipinski definition) is 2. The van der Waals surface area contributed by atoms with Gasteiger partial charge in [-0.15, -0.1) is 0 Å². The van der Waals surface area contributed by atoms with Gasteiger partial charge >= 0.3 is 0 Å². The Labute approximate surface area is 102 Å². The molecular weight excluding hydrogens is 218 g/mol. The van der Waals surface area contributed by atoms with Crippen molar-refractivity contribution in [1.29, 1.82) is 0 Å². The van der Waals surface area contributed by atoms with Gasteiger partial charge in [-0.25, -0.2) is 0 Å². The van der Waals surface area contributed by atoms with Gasteiger partial charge in [0.2, 0.25) is 0 Å². The van der Waals surface area contributed by atoms with Gasteiger partial charge in [-0.3, -0.25) is 4.79 Å². The lowest BCUT2D eigenvalue weighted by Gasteiger charge is -2.23. The van der Waals surface area contributed by atoms with E-state index in [2.05, 4.69) is 21.1 Å². The highest BCUT2D eigenvalue weighted by atomic mass is 32.2. The van der Waals surface area contributed by atoms with E-state index in [1.54, 1.807) is 0 Å². The summed E-state index contributed by atoms with van der Waals surface area (Å²) in [5, 5.41) is 0.264. The third kappa shape index (κ3) is 5.93. The number of nitrogens with zero attached hydrogens (tertiary/aromatic N) is 1. The molecule has 1 aromatic rings. The van der Waals surface area contributed by atoms with E-state index in [1.807, 2.05) is 30.3 Å². The van der Waals surface area contributed by atoms with E-state index in [9.17, 15) is 4.79 Å². The van der Waals surface area contributed by atoms with Gasteiger partial charge in [-0.2, -0.15) is 0 Å². The van der Waals surface area contributed by atoms with Crippen LogP contribution in [-0.4, -0.2) is 43.0 Å². The molecule has 3 heteroatoms. The maximum atomic E-state index is 11.7. The molecule has 0 spiro atoms. The number of quaternary nitrogens is 1. The summed E-state index contributed by atoms with van der Waals surface area (Å²) >= 11 is 1.44. The van der Waals surface area contributed by atoms with Crippen molar-refractivity contribution in [3.05, 3.63) is 35.9 Å². The molecular formula is C13H20NOS+. The van der Waals surface area contributed by atoms with E-state index in [-0.39, 0.29) is 5.12 Å². The minimum Gasteiger partial charge on any atom is -0.330 e. The minimum absolute atomic E-state index is 0.264. The molecule has 0 amide bonds. The van der Waals surface area contributed by atoms with Crippen LogP contribution in [0.5, 0.6) is 0 Å². The topological polar surface area (TPSA) is 17.1 Å². The van der Waals surface area contributed by atoms with Crippen LogP contribution in [0.1, 0.15) is 5.56 Å². The molecule has 0 saturated carbocycles. The average molecular weight is 238 g/mol. The molecule has 1 aromatic carbocycles. The lowest BCUT2D eigenvalue weighted by molar-refractivity contribution is -0.867. The molecule has 0 aliphatic carbocycles. The molecule has 0 radical (unpaired) electrons. The van der Waals surface area contributed by atoms with Crippen molar-refractivity contribution >= 4 is 16.9 Å². The van der Waals surface area contributed by atoms with Crippen molar-refractivity contribution in [2.24, 2.45) is 0 Å². The Morgan fingerprint density at radius 1 is 1.19 bits per heavy atom. The van der Waals surface area contributed by atoms with Crippen molar-refractivity contribution in [3.63, 3.8) is 0 Å². The summed E-state index contributed by atoms with van der Waals surface area (Å²) in [6.07, 6.45) is 0.544. The first-order valence-corrected chi connectivity index (χ1v) is 6.46. The summed E-state index contributed by atoms with van der Waals surface area (Å²) in [4.78, 5) is 11.7. The Hall–Kier alpha value is -0.800. The second-order valence-corrected chi connectivity index (χ2v) is 6.05. The molecule has 0 aromatic heterocycles. The summed E-state index contributed by atoms with van der Waals surface area (Å²) in [5.74, 6) is 0.898. The fourth-order valence-corrected chi connectivity index (χ4v) is 2.38. The largest absolute Gasteiger partial charge is 0.330 e. The summed E-state index contributed by atoms with van der Waals surface area (Å²) in [6.45, 7) is 1.02. The predicted molar refractivity (Wildman–Crippen MR) is 70.5 cm³/mol. The summed E-state index contributed by atoms with van der Waals surface area (Å²) < 4.78 is 0.908. The monoisotopic (exact) mass is 238 g/mol. The second kappa shape index (κ2) is 6.06. The molecule has 0 aliphatic heterocycles. The first-order chi connectivity index (χ1) is 7.47. The maximum absolute atomic E-state index is 11.7. The van der Waals surface area contributed by atoms with E-state index >= 15 is 0 Å². The van der Waals surface area contributed by atoms with Gasteiger partial charge in [0.25, 0.3) is 0 Å². The normalized spacial score (nSPS) is 11.4. The SMILES string of the molecule is C[N+](C)(C)CCSC(=O)Cc1ccccc1. The predicted octanol–water partition coefficient (Wildman–Crippen LogP) is 2.20. The van der Waals surface area contributed by atoms with Crippen LogP contribution in [0.2, 0.25) is 0 Å². The highest BCUT2D eigenvalue weighted by Crippen LogP contribution is 2.09. The summed E-state index contributed by atoms with van der Waals surface area (Å²) in [7, 11) is 6.42. The molecule has 0 heterocycles. The van der Waals surface area contributed by atoms with Crippen LogP contribution in [0.4, 0.5) is 0 Å². The molecule has 0 N–H and O–H groups in total. The number of carbonyl (C=O) groups excluding carboxylic acids is 1. The Bertz CT molecular complexity index is 330. The molecule has 16 heavy (non-hydrogen) atoms. The Morgan fingerprint density at radius 3 is 2.38 bits per heavy atom. The Balaban J connectivity index is 2.27. The van der Waals surface area contributed by atoms with Crippen LogP contribution >= 0.6 is 11.8 Å². The van der Waals surface area contributed by atoms with Crippen molar-refractivity contribution in [2.75, 3.05) is 33.4 Å². The number of thioether (sulfide) groups is 1. The molecule has 0 fully saturated rings. The zero-order chi connectivity index (χ0) is 12.0. The molecule has 88 valence electrons. The van der Waals surface area contributed by atoms with Crippen LogP contribution in [-0.2, 0) is 11.2 Å².